The lowest BCUT2D eigenvalue weighted by Gasteiger charge is -2.18. The first-order valence-electron chi connectivity index (χ1n) is 6.44. The van der Waals surface area contributed by atoms with E-state index in [1.165, 1.54) is 12.1 Å². The van der Waals surface area contributed by atoms with E-state index in [1.807, 2.05) is 7.05 Å². The van der Waals surface area contributed by atoms with Crippen LogP contribution in [0.2, 0.25) is 0 Å². The quantitative estimate of drug-likeness (QED) is 0.612. The normalized spacial score (nSPS) is 12.4. The summed E-state index contributed by atoms with van der Waals surface area (Å²) in [5.41, 5.74) is 0.0640. The van der Waals surface area contributed by atoms with Gasteiger partial charge in [-0.05, 0) is 31.9 Å². The Bertz CT molecular complexity index is 502. The van der Waals surface area contributed by atoms with Gasteiger partial charge in [0.25, 0.3) is 11.4 Å². The highest BCUT2D eigenvalue weighted by molar-refractivity contribution is 5.49. The van der Waals surface area contributed by atoms with E-state index in [1.54, 1.807) is 0 Å². The molecule has 110 valence electrons. The molecule has 0 amide bonds. The molecule has 0 heterocycles. The van der Waals surface area contributed by atoms with E-state index in [0.29, 0.717) is 17.9 Å². The first-order valence-corrected chi connectivity index (χ1v) is 6.44. The van der Waals surface area contributed by atoms with Crippen LogP contribution in [0.3, 0.4) is 0 Å². The third kappa shape index (κ3) is 4.27. The lowest BCUT2D eigenvalue weighted by molar-refractivity contribution is -0.394. The molecule has 1 rings (SSSR count). The molecule has 0 saturated carbocycles. The van der Waals surface area contributed by atoms with Crippen LogP contribution < -0.4 is 5.32 Å². The van der Waals surface area contributed by atoms with E-state index in [2.05, 4.69) is 19.2 Å². The van der Waals surface area contributed by atoms with E-state index in [0.717, 1.165) is 12.5 Å². The molecule has 20 heavy (non-hydrogen) atoms. The number of benzene rings is 1. The third-order valence-corrected chi connectivity index (χ3v) is 3.11. The molecular weight excluding hydrogens is 262 g/mol. The van der Waals surface area contributed by atoms with E-state index in [4.69, 9.17) is 0 Å². The van der Waals surface area contributed by atoms with E-state index >= 15 is 0 Å². The molecule has 7 heteroatoms. The molecule has 7 nitrogen and oxygen atoms in total. The molecule has 0 saturated heterocycles. The van der Waals surface area contributed by atoms with Crippen molar-refractivity contribution in [1.82, 2.24) is 5.32 Å². The molecule has 1 aromatic rings. The molecular formula is C13H19N3O4. The summed E-state index contributed by atoms with van der Waals surface area (Å²) in [6.45, 7) is 4.16. The largest absolute Gasteiger partial charge is 0.317 e. The van der Waals surface area contributed by atoms with Gasteiger partial charge in [-0.1, -0.05) is 13.8 Å². The molecule has 0 radical (unpaired) electrons. The summed E-state index contributed by atoms with van der Waals surface area (Å²) in [7, 11) is 1.81. The van der Waals surface area contributed by atoms with Gasteiger partial charge in [0.2, 0.25) is 0 Å². The average molecular weight is 281 g/mol. The second-order valence-electron chi connectivity index (χ2n) is 5.15. The Morgan fingerprint density at radius 1 is 1.20 bits per heavy atom. The van der Waals surface area contributed by atoms with Crippen molar-refractivity contribution >= 4 is 11.4 Å². The predicted octanol–water partition coefficient (Wildman–Crippen LogP) is 2.68. The van der Waals surface area contributed by atoms with Crippen LogP contribution in [0, 0.1) is 26.1 Å². The number of hydrogen-bond donors (Lipinski definition) is 1. The van der Waals surface area contributed by atoms with Gasteiger partial charge in [0.1, 0.15) is 0 Å². The Hall–Kier alpha value is -2.02. The lowest BCUT2D eigenvalue weighted by atomic mass is 9.96. The highest BCUT2D eigenvalue weighted by Gasteiger charge is 2.21. The summed E-state index contributed by atoms with van der Waals surface area (Å²) >= 11 is 0. The van der Waals surface area contributed by atoms with Crippen molar-refractivity contribution < 1.29 is 9.85 Å². The second-order valence-corrected chi connectivity index (χ2v) is 5.15. The van der Waals surface area contributed by atoms with Crippen LogP contribution in [-0.4, -0.2) is 22.9 Å². The first kappa shape index (κ1) is 16.0. The number of non-ortho nitro benzene ring substituents is 1. The summed E-state index contributed by atoms with van der Waals surface area (Å²) in [5, 5.41) is 24.9. The van der Waals surface area contributed by atoms with Crippen LogP contribution >= 0.6 is 0 Å². The van der Waals surface area contributed by atoms with Crippen molar-refractivity contribution in [3.05, 3.63) is 44.0 Å². The van der Waals surface area contributed by atoms with Crippen molar-refractivity contribution in [2.75, 3.05) is 7.05 Å². The summed E-state index contributed by atoms with van der Waals surface area (Å²) < 4.78 is 0. The minimum Gasteiger partial charge on any atom is -0.317 e. The minimum atomic E-state index is -0.625. The van der Waals surface area contributed by atoms with Crippen molar-refractivity contribution in [3.8, 4) is 0 Å². The molecule has 0 aliphatic heterocycles. The number of nitro benzene ring substituents is 2. The Morgan fingerprint density at radius 2 is 1.85 bits per heavy atom. The zero-order valence-electron chi connectivity index (χ0n) is 11.8. The topological polar surface area (TPSA) is 98.3 Å². The maximum atomic E-state index is 11.1. The molecule has 1 aromatic carbocycles. The van der Waals surface area contributed by atoms with Crippen LogP contribution in [0.5, 0.6) is 0 Å². The fourth-order valence-electron chi connectivity index (χ4n) is 2.15. The summed E-state index contributed by atoms with van der Waals surface area (Å²) in [6.07, 6.45) is 1.35. The maximum absolute atomic E-state index is 11.1. The molecule has 0 bridgehead atoms. The number of rotatable bonds is 7. The van der Waals surface area contributed by atoms with E-state index < -0.39 is 9.85 Å². The zero-order chi connectivity index (χ0) is 15.3. The van der Waals surface area contributed by atoms with Gasteiger partial charge in [0.15, 0.2) is 0 Å². The highest BCUT2D eigenvalue weighted by atomic mass is 16.6. The fourth-order valence-corrected chi connectivity index (χ4v) is 2.15. The summed E-state index contributed by atoms with van der Waals surface area (Å²) in [4.78, 5) is 20.5. The number of hydrogen-bond acceptors (Lipinski definition) is 5. The highest BCUT2D eigenvalue weighted by Crippen LogP contribution is 2.26. The predicted molar refractivity (Wildman–Crippen MR) is 75.8 cm³/mol. The molecule has 1 N–H and O–H groups in total. The van der Waals surface area contributed by atoms with Gasteiger partial charge in [-0.3, -0.25) is 20.2 Å². The van der Waals surface area contributed by atoms with Crippen molar-refractivity contribution in [2.45, 2.75) is 32.7 Å². The number of nitrogens with zero attached hydrogens (tertiary/aromatic N) is 2. The maximum Gasteiger partial charge on any atom is 0.279 e. The smallest absolute Gasteiger partial charge is 0.279 e. The Labute approximate surface area is 117 Å². The van der Waals surface area contributed by atoms with Gasteiger partial charge in [-0.2, -0.15) is 0 Å². The van der Waals surface area contributed by atoms with Crippen LogP contribution in [0.1, 0.15) is 25.8 Å². The Balaban J connectivity index is 3.04. The molecule has 1 atom stereocenters. The molecule has 0 fully saturated rings. The minimum absolute atomic E-state index is 0.107. The second kappa shape index (κ2) is 6.95. The van der Waals surface area contributed by atoms with Crippen LogP contribution in [-0.2, 0) is 6.42 Å². The Morgan fingerprint density at radius 3 is 2.30 bits per heavy atom. The molecule has 0 aromatic heterocycles. The number of nitro groups is 2. The number of nitrogens with one attached hydrogen (secondary N) is 1. The molecule has 0 aliphatic rings. The summed E-state index contributed by atoms with van der Waals surface area (Å²) in [6, 6.07) is 3.91. The molecule has 0 aliphatic carbocycles. The molecule has 0 spiro atoms. The number of likely N-dealkylation sites (N-methyl/N-ethyl adjacent to an activating group) is 1. The van der Waals surface area contributed by atoms with Crippen LogP contribution in [0.4, 0.5) is 11.4 Å². The van der Waals surface area contributed by atoms with Crippen molar-refractivity contribution in [3.63, 3.8) is 0 Å². The van der Waals surface area contributed by atoms with Crippen LogP contribution in [0.25, 0.3) is 0 Å². The van der Waals surface area contributed by atoms with Crippen molar-refractivity contribution in [1.29, 1.82) is 0 Å². The van der Waals surface area contributed by atoms with Crippen molar-refractivity contribution in [2.24, 2.45) is 5.92 Å². The van der Waals surface area contributed by atoms with Gasteiger partial charge in [-0.25, -0.2) is 0 Å². The third-order valence-electron chi connectivity index (χ3n) is 3.11. The summed E-state index contributed by atoms with van der Waals surface area (Å²) in [5.74, 6) is 0.463. The first-order chi connectivity index (χ1) is 9.35. The monoisotopic (exact) mass is 281 g/mol. The van der Waals surface area contributed by atoms with Gasteiger partial charge in [0, 0.05) is 17.7 Å². The lowest BCUT2D eigenvalue weighted by Crippen LogP contribution is -2.29. The van der Waals surface area contributed by atoms with Gasteiger partial charge in [-0.15, -0.1) is 0 Å². The fraction of sp³-hybridized carbons (Fsp3) is 0.538. The zero-order valence-corrected chi connectivity index (χ0v) is 11.8. The van der Waals surface area contributed by atoms with Gasteiger partial charge in [0.05, 0.1) is 15.9 Å². The van der Waals surface area contributed by atoms with Gasteiger partial charge >= 0.3 is 0 Å². The average Bonchev–Trinajstić information content (AvgIpc) is 2.37. The van der Waals surface area contributed by atoms with Gasteiger partial charge < -0.3 is 5.32 Å². The van der Waals surface area contributed by atoms with E-state index in [-0.39, 0.29) is 17.4 Å². The van der Waals surface area contributed by atoms with Crippen LogP contribution in [0.15, 0.2) is 18.2 Å². The van der Waals surface area contributed by atoms with E-state index in [9.17, 15) is 20.2 Å². The molecule has 1 unspecified atom stereocenters. The standard InChI is InChI=1S/C13H19N3O4/c1-9(2)6-11(14-3)7-10-4-5-12(15(17)18)8-13(10)16(19)20/h4-5,8-9,11,14H,6-7H2,1-3H3. The Kier molecular flexibility index (Phi) is 5.57. The SMILES string of the molecule is CNC(Cc1ccc([N+](=O)[O-])cc1[N+](=O)[O-])CC(C)C.